The van der Waals surface area contributed by atoms with Crippen molar-refractivity contribution in [1.29, 1.82) is 5.26 Å². The summed E-state index contributed by atoms with van der Waals surface area (Å²) in [6.45, 7) is 1.92. The standard InChI is InChI=1S/C16H19NO3/c1-10(11-4-5-11)16(18)13(9-17)12-6-7-14(19-2)15(8-12)20-3/h6-8,10-11,13H,4-5H2,1-3H3. The molecule has 2 unspecified atom stereocenters. The van der Waals surface area contributed by atoms with Gasteiger partial charge in [-0.25, -0.2) is 0 Å². The second kappa shape index (κ2) is 5.96. The van der Waals surface area contributed by atoms with Crippen molar-refractivity contribution in [3.05, 3.63) is 23.8 Å². The van der Waals surface area contributed by atoms with E-state index >= 15 is 0 Å². The van der Waals surface area contributed by atoms with E-state index < -0.39 is 5.92 Å². The lowest BCUT2D eigenvalue weighted by Crippen LogP contribution is -2.20. The topological polar surface area (TPSA) is 59.3 Å². The number of hydrogen-bond acceptors (Lipinski definition) is 4. The van der Waals surface area contributed by atoms with Crippen LogP contribution in [0, 0.1) is 23.2 Å². The molecule has 0 aliphatic heterocycles. The molecule has 2 atom stereocenters. The molecule has 0 radical (unpaired) electrons. The number of methoxy groups -OCH3 is 2. The third-order valence-electron chi connectivity index (χ3n) is 3.93. The first-order valence-electron chi connectivity index (χ1n) is 6.77. The highest BCUT2D eigenvalue weighted by Crippen LogP contribution is 2.40. The normalized spacial score (nSPS) is 16.9. The summed E-state index contributed by atoms with van der Waals surface area (Å²) < 4.78 is 10.4. The molecule has 20 heavy (non-hydrogen) atoms. The van der Waals surface area contributed by atoms with Crippen LogP contribution in [0.4, 0.5) is 0 Å². The van der Waals surface area contributed by atoms with Gasteiger partial charge in [-0.3, -0.25) is 4.79 Å². The van der Waals surface area contributed by atoms with Gasteiger partial charge in [0.05, 0.1) is 20.3 Å². The van der Waals surface area contributed by atoms with Crippen molar-refractivity contribution in [2.24, 2.45) is 11.8 Å². The average Bonchev–Trinajstić information content (AvgIpc) is 3.31. The Bertz CT molecular complexity index is 543. The van der Waals surface area contributed by atoms with E-state index in [1.165, 1.54) is 7.11 Å². The molecule has 1 aliphatic rings. The smallest absolute Gasteiger partial charge is 0.161 e. The van der Waals surface area contributed by atoms with Crippen molar-refractivity contribution in [2.75, 3.05) is 14.2 Å². The van der Waals surface area contributed by atoms with E-state index in [-0.39, 0.29) is 11.7 Å². The minimum absolute atomic E-state index is 0.00206. The van der Waals surface area contributed by atoms with Crippen LogP contribution in [0.1, 0.15) is 31.2 Å². The molecular weight excluding hydrogens is 254 g/mol. The van der Waals surface area contributed by atoms with Gasteiger partial charge in [0.2, 0.25) is 0 Å². The highest BCUT2D eigenvalue weighted by molar-refractivity contribution is 5.90. The van der Waals surface area contributed by atoms with Crippen LogP contribution in [-0.4, -0.2) is 20.0 Å². The Morgan fingerprint density at radius 2 is 1.95 bits per heavy atom. The molecule has 2 rings (SSSR count). The van der Waals surface area contributed by atoms with Crippen molar-refractivity contribution in [3.63, 3.8) is 0 Å². The van der Waals surface area contributed by atoms with Crippen LogP contribution in [0.15, 0.2) is 18.2 Å². The van der Waals surface area contributed by atoms with Gasteiger partial charge in [0.1, 0.15) is 5.92 Å². The number of carbonyl (C=O) groups is 1. The average molecular weight is 273 g/mol. The van der Waals surface area contributed by atoms with Gasteiger partial charge in [0.25, 0.3) is 0 Å². The summed E-state index contributed by atoms with van der Waals surface area (Å²) in [7, 11) is 3.09. The molecule has 4 heteroatoms. The molecule has 0 spiro atoms. The molecule has 1 fully saturated rings. The molecule has 1 aromatic rings. The fraction of sp³-hybridized carbons (Fsp3) is 0.500. The second-order valence-corrected chi connectivity index (χ2v) is 5.21. The number of carbonyl (C=O) groups excluding carboxylic acids is 1. The van der Waals surface area contributed by atoms with Crippen molar-refractivity contribution < 1.29 is 14.3 Å². The summed E-state index contributed by atoms with van der Waals surface area (Å²) in [5.74, 6) is 0.812. The Hall–Kier alpha value is -2.02. The van der Waals surface area contributed by atoms with Gasteiger partial charge in [-0.1, -0.05) is 13.0 Å². The van der Waals surface area contributed by atoms with Crippen LogP contribution in [0.5, 0.6) is 11.5 Å². The number of Topliss-reactive ketones (excluding diaryl/α,β-unsaturated/α-hetero) is 1. The summed E-state index contributed by atoms with van der Waals surface area (Å²) in [5, 5.41) is 9.35. The first kappa shape index (κ1) is 14.4. The Morgan fingerprint density at radius 1 is 1.30 bits per heavy atom. The van der Waals surface area contributed by atoms with E-state index in [1.807, 2.05) is 6.92 Å². The molecule has 4 nitrogen and oxygen atoms in total. The highest BCUT2D eigenvalue weighted by Gasteiger charge is 2.36. The summed E-state index contributed by atoms with van der Waals surface area (Å²) in [6.07, 6.45) is 2.19. The quantitative estimate of drug-likeness (QED) is 0.799. The van der Waals surface area contributed by atoms with Gasteiger partial charge < -0.3 is 9.47 Å². The predicted octanol–water partition coefficient (Wildman–Crippen LogP) is 2.93. The molecule has 1 aromatic carbocycles. The number of benzene rings is 1. The maximum absolute atomic E-state index is 12.4. The Balaban J connectivity index is 2.27. The SMILES string of the molecule is COc1ccc(C(C#N)C(=O)C(C)C2CC2)cc1OC. The third-order valence-corrected chi connectivity index (χ3v) is 3.93. The van der Waals surface area contributed by atoms with Gasteiger partial charge in [-0.05, 0) is 36.5 Å². The first-order valence-corrected chi connectivity index (χ1v) is 6.77. The van der Waals surface area contributed by atoms with Crippen LogP contribution >= 0.6 is 0 Å². The summed E-state index contributed by atoms with van der Waals surface area (Å²) in [4.78, 5) is 12.4. The fourth-order valence-electron chi connectivity index (χ4n) is 2.43. The zero-order valence-corrected chi connectivity index (χ0v) is 12.1. The molecular formula is C16H19NO3. The molecule has 1 aliphatic carbocycles. The molecule has 0 heterocycles. The lowest BCUT2D eigenvalue weighted by molar-refractivity contribution is -0.123. The molecule has 0 saturated heterocycles. The van der Waals surface area contributed by atoms with Gasteiger partial charge in [0, 0.05) is 5.92 Å². The highest BCUT2D eigenvalue weighted by atomic mass is 16.5. The fourth-order valence-corrected chi connectivity index (χ4v) is 2.43. The molecule has 0 N–H and O–H groups in total. The van der Waals surface area contributed by atoms with Crippen LogP contribution in [0.2, 0.25) is 0 Å². The number of ketones is 1. The van der Waals surface area contributed by atoms with Crippen molar-refractivity contribution in [1.82, 2.24) is 0 Å². The van der Waals surface area contributed by atoms with E-state index in [4.69, 9.17) is 9.47 Å². The summed E-state index contributed by atoms with van der Waals surface area (Å²) >= 11 is 0. The number of rotatable bonds is 6. The number of nitrogens with zero attached hydrogens (tertiary/aromatic N) is 1. The zero-order valence-electron chi connectivity index (χ0n) is 12.1. The van der Waals surface area contributed by atoms with Crippen LogP contribution < -0.4 is 9.47 Å². The van der Waals surface area contributed by atoms with Crippen molar-refractivity contribution >= 4 is 5.78 Å². The number of hydrogen-bond donors (Lipinski definition) is 0. The first-order chi connectivity index (χ1) is 9.62. The Morgan fingerprint density at radius 3 is 2.45 bits per heavy atom. The van der Waals surface area contributed by atoms with Crippen molar-refractivity contribution in [3.8, 4) is 17.6 Å². The van der Waals surface area contributed by atoms with E-state index in [9.17, 15) is 10.1 Å². The molecule has 0 bridgehead atoms. The summed E-state index contributed by atoms with van der Waals surface area (Å²) in [6, 6.07) is 7.32. The van der Waals surface area contributed by atoms with E-state index in [1.54, 1.807) is 25.3 Å². The minimum Gasteiger partial charge on any atom is -0.493 e. The predicted molar refractivity (Wildman–Crippen MR) is 74.8 cm³/mol. The Kier molecular flexibility index (Phi) is 4.29. The van der Waals surface area contributed by atoms with E-state index in [0.29, 0.717) is 23.0 Å². The monoisotopic (exact) mass is 273 g/mol. The minimum atomic E-state index is -0.731. The lowest BCUT2D eigenvalue weighted by atomic mass is 9.86. The molecule has 0 amide bonds. The van der Waals surface area contributed by atoms with Crippen LogP contribution in [0.25, 0.3) is 0 Å². The zero-order chi connectivity index (χ0) is 14.7. The largest absolute Gasteiger partial charge is 0.493 e. The third kappa shape index (κ3) is 2.77. The second-order valence-electron chi connectivity index (χ2n) is 5.21. The van der Waals surface area contributed by atoms with Gasteiger partial charge in [-0.15, -0.1) is 0 Å². The van der Waals surface area contributed by atoms with Crippen LogP contribution in [-0.2, 0) is 4.79 Å². The lowest BCUT2D eigenvalue weighted by Gasteiger charge is -2.16. The molecule has 106 valence electrons. The number of ether oxygens (including phenoxy) is 2. The molecule has 0 aromatic heterocycles. The maximum Gasteiger partial charge on any atom is 0.161 e. The van der Waals surface area contributed by atoms with Crippen LogP contribution in [0.3, 0.4) is 0 Å². The van der Waals surface area contributed by atoms with Gasteiger partial charge in [0.15, 0.2) is 17.3 Å². The van der Waals surface area contributed by atoms with E-state index in [0.717, 1.165) is 12.8 Å². The van der Waals surface area contributed by atoms with E-state index in [2.05, 4.69) is 6.07 Å². The van der Waals surface area contributed by atoms with Gasteiger partial charge >= 0.3 is 0 Å². The number of nitriles is 1. The molecule has 1 saturated carbocycles. The van der Waals surface area contributed by atoms with Gasteiger partial charge in [-0.2, -0.15) is 5.26 Å². The summed E-state index contributed by atoms with van der Waals surface area (Å²) in [5.41, 5.74) is 0.669. The van der Waals surface area contributed by atoms with Crippen molar-refractivity contribution in [2.45, 2.75) is 25.7 Å². The maximum atomic E-state index is 12.4. The Labute approximate surface area is 119 Å².